The number of methoxy groups -OCH3 is 1. The number of ether oxygens (including phenoxy) is 1. The molecule has 7 heteroatoms. The Morgan fingerprint density at radius 3 is 2.85 bits per heavy atom. The van der Waals surface area contributed by atoms with E-state index in [0.717, 1.165) is 0 Å². The third-order valence-corrected chi connectivity index (χ3v) is 3.00. The smallest absolute Gasteiger partial charge is 0.257 e. The van der Waals surface area contributed by atoms with E-state index < -0.39 is 0 Å². The van der Waals surface area contributed by atoms with Crippen molar-refractivity contribution in [2.24, 2.45) is 0 Å². The number of nitrogens with one attached hydrogen (secondary N) is 1. The van der Waals surface area contributed by atoms with Crippen LogP contribution in [0.5, 0.6) is 5.75 Å². The molecule has 0 atom stereocenters. The fourth-order valence-electron chi connectivity index (χ4n) is 1.80. The first-order chi connectivity index (χ1) is 9.51. The molecule has 6 nitrogen and oxygen atoms in total. The van der Waals surface area contributed by atoms with Gasteiger partial charge in [0.05, 0.1) is 19.2 Å². The van der Waals surface area contributed by atoms with Crippen molar-refractivity contribution in [3.63, 3.8) is 0 Å². The molecule has 2 rings (SSSR count). The molecule has 106 valence electrons. The summed E-state index contributed by atoms with van der Waals surface area (Å²) in [4.78, 5) is 18.1. The molecular weight excluding hydrogens is 280 g/mol. The summed E-state index contributed by atoms with van der Waals surface area (Å²) in [6.45, 7) is 2.11. The molecular formula is C13H15ClN4O2. The quantitative estimate of drug-likeness (QED) is 0.937. The summed E-state index contributed by atoms with van der Waals surface area (Å²) >= 11 is 5.93. The number of halogens is 1. The van der Waals surface area contributed by atoms with Crippen LogP contribution in [-0.4, -0.2) is 40.1 Å². The molecule has 0 spiro atoms. The van der Waals surface area contributed by atoms with E-state index in [9.17, 15) is 4.79 Å². The standard InChI is InChI=1S/C13H15ClN4O2/c1-8-15-12(17-16-8)7-18(2)13(19)10-6-9(14)4-5-11(10)20-3/h4-6H,7H2,1-3H3,(H,15,16,17). The van der Waals surface area contributed by atoms with E-state index in [4.69, 9.17) is 16.3 Å². The normalized spacial score (nSPS) is 10.4. The van der Waals surface area contributed by atoms with Crippen molar-refractivity contribution in [3.8, 4) is 5.75 Å². The highest BCUT2D eigenvalue weighted by atomic mass is 35.5. The molecule has 1 amide bonds. The van der Waals surface area contributed by atoms with Crippen LogP contribution < -0.4 is 4.74 Å². The molecule has 0 fully saturated rings. The third kappa shape index (κ3) is 3.08. The van der Waals surface area contributed by atoms with Crippen LogP contribution in [0.2, 0.25) is 5.02 Å². The summed E-state index contributed by atoms with van der Waals surface area (Å²) in [6.07, 6.45) is 0. The van der Waals surface area contributed by atoms with E-state index in [0.29, 0.717) is 34.5 Å². The van der Waals surface area contributed by atoms with Crippen molar-refractivity contribution in [1.29, 1.82) is 0 Å². The fourth-order valence-corrected chi connectivity index (χ4v) is 1.97. The molecule has 0 saturated carbocycles. The van der Waals surface area contributed by atoms with E-state index in [2.05, 4.69) is 15.2 Å². The van der Waals surface area contributed by atoms with Gasteiger partial charge in [0, 0.05) is 12.1 Å². The minimum absolute atomic E-state index is 0.202. The largest absolute Gasteiger partial charge is 0.496 e. The predicted molar refractivity (Wildman–Crippen MR) is 74.9 cm³/mol. The van der Waals surface area contributed by atoms with Crippen LogP contribution in [0.4, 0.5) is 0 Å². The Morgan fingerprint density at radius 2 is 2.25 bits per heavy atom. The molecule has 0 aliphatic heterocycles. The Balaban J connectivity index is 2.20. The number of carbonyl (C=O) groups excluding carboxylic acids is 1. The highest BCUT2D eigenvalue weighted by molar-refractivity contribution is 6.31. The molecule has 1 N–H and O–H groups in total. The van der Waals surface area contributed by atoms with Crippen molar-refractivity contribution in [2.75, 3.05) is 14.2 Å². The topological polar surface area (TPSA) is 71.1 Å². The summed E-state index contributed by atoms with van der Waals surface area (Å²) in [6, 6.07) is 4.93. The summed E-state index contributed by atoms with van der Waals surface area (Å²) in [7, 11) is 3.19. The fraction of sp³-hybridized carbons (Fsp3) is 0.308. The van der Waals surface area contributed by atoms with E-state index in [1.807, 2.05) is 0 Å². The Kier molecular flexibility index (Phi) is 4.24. The van der Waals surface area contributed by atoms with Gasteiger partial charge in [0.1, 0.15) is 11.6 Å². The van der Waals surface area contributed by atoms with Gasteiger partial charge in [-0.1, -0.05) is 11.6 Å². The molecule has 0 unspecified atom stereocenters. The molecule has 0 saturated heterocycles. The lowest BCUT2D eigenvalue weighted by Crippen LogP contribution is -2.27. The number of carbonyl (C=O) groups is 1. The van der Waals surface area contributed by atoms with Gasteiger partial charge in [-0.15, -0.1) is 0 Å². The van der Waals surface area contributed by atoms with Gasteiger partial charge in [-0.25, -0.2) is 4.98 Å². The molecule has 0 aliphatic rings. The van der Waals surface area contributed by atoms with Gasteiger partial charge in [-0.05, 0) is 25.1 Å². The summed E-state index contributed by atoms with van der Waals surface area (Å²) in [5.74, 6) is 1.55. The lowest BCUT2D eigenvalue weighted by Gasteiger charge is -2.17. The minimum Gasteiger partial charge on any atom is -0.496 e. The van der Waals surface area contributed by atoms with Crippen LogP contribution in [0.1, 0.15) is 22.0 Å². The molecule has 2 aromatic rings. The number of H-pyrrole nitrogens is 1. The summed E-state index contributed by atoms with van der Waals surface area (Å²) < 4.78 is 5.18. The predicted octanol–water partition coefficient (Wildman–Crippen LogP) is 2.05. The second-order valence-corrected chi connectivity index (χ2v) is 4.78. The molecule has 0 radical (unpaired) electrons. The third-order valence-electron chi connectivity index (χ3n) is 2.76. The number of aromatic nitrogens is 3. The van der Waals surface area contributed by atoms with Crippen LogP contribution >= 0.6 is 11.6 Å². The Hall–Kier alpha value is -2.08. The number of nitrogens with zero attached hydrogens (tertiary/aromatic N) is 3. The van der Waals surface area contributed by atoms with Gasteiger partial charge in [0.2, 0.25) is 0 Å². The number of aromatic amines is 1. The van der Waals surface area contributed by atoms with Crippen LogP contribution in [0.15, 0.2) is 18.2 Å². The van der Waals surface area contributed by atoms with Crippen LogP contribution in [0.25, 0.3) is 0 Å². The number of rotatable bonds is 4. The van der Waals surface area contributed by atoms with Crippen molar-refractivity contribution >= 4 is 17.5 Å². The Labute approximate surface area is 121 Å². The zero-order valence-electron chi connectivity index (χ0n) is 11.5. The van der Waals surface area contributed by atoms with Crippen LogP contribution in [0, 0.1) is 6.92 Å². The SMILES string of the molecule is COc1ccc(Cl)cc1C(=O)N(C)Cc1n[nH]c(C)n1. The van der Waals surface area contributed by atoms with E-state index in [-0.39, 0.29) is 5.91 Å². The van der Waals surface area contributed by atoms with Gasteiger partial charge < -0.3 is 9.64 Å². The number of hydrogen-bond donors (Lipinski definition) is 1. The van der Waals surface area contributed by atoms with Gasteiger partial charge in [0.15, 0.2) is 5.82 Å². The molecule has 0 aliphatic carbocycles. The van der Waals surface area contributed by atoms with Gasteiger partial charge in [-0.2, -0.15) is 5.10 Å². The first-order valence-electron chi connectivity index (χ1n) is 5.98. The van der Waals surface area contributed by atoms with E-state index in [1.54, 1.807) is 32.2 Å². The molecule has 20 heavy (non-hydrogen) atoms. The van der Waals surface area contributed by atoms with Gasteiger partial charge in [0.25, 0.3) is 5.91 Å². The minimum atomic E-state index is -0.202. The summed E-state index contributed by atoms with van der Waals surface area (Å²) in [5, 5.41) is 7.23. The first kappa shape index (κ1) is 14.3. The lowest BCUT2D eigenvalue weighted by molar-refractivity contribution is 0.0778. The van der Waals surface area contributed by atoms with E-state index >= 15 is 0 Å². The number of amides is 1. The van der Waals surface area contributed by atoms with Crippen molar-refractivity contribution in [2.45, 2.75) is 13.5 Å². The average molecular weight is 295 g/mol. The maximum absolute atomic E-state index is 12.4. The number of aryl methyl sites for hydroxylation is 1. The zero-order chi connectivity index (χ0) is 14.7. The lowest BCUT2D eigenvalue weighted by atomic mass is 10.1. The maximum Gasteiger partial charge on any atom is 0.257 e. The van der Waals surface area contributed by atoms with Crippen LogP contribution in [0.3, 0.4) is 0 Å². The summed E-state index contributed by atoms with van der Waals surface area (Å²) in [5.41, 5.74) is 0.412. The second kappa shape index (κ2) is 5.92. The highest BCUT2D eigenvalue weighted by Crippen LogP contribution is 2.24. The van der Waals surface area contributed by atoms with Gasteiger partial charge >= 0.3 is 0 Å². The van der Waals surface area contributed by atoms with Crippen molar-refractivity contribution in [1.82, 2.24) is 20.1 Å². The number of hydrogen-bond acceptors (Lipinski definition) is 4. The number of benzene rings is 1. The van der Waals surface area contributed by atoms with Crippen molar-refractivity contribution < 1.29 is 9.53 Å². The van der Waals surface area contributed by atoms with Crippen LogP contribution in [-0.2, 0) is 6.54 Å². The first-order valence-corrected chi connectivity index (χ1v) is 6.36. The Morgan fingerprint density at radius 1 is 1.50 bits per heavy atom. The second-order valence-electron chi connectivity index (χ2n) is 4.34. The van der Waals surface area contributed by atoms with E-state index in [1.165, 1.54) is 12.0 Å². The monoisotopic (exact) mass is 294 g/mol. The molecule has 1 aromatic carbocycles. The molecule has 0 bridgehead atoms. The average Bonchev–Trinajstić information content (AvgIpc) is 2.83. The maximum atomic E-state index is 12.4. The molecule has 1 aromatic heterocycles. The van der Waals surface area contributed by atoms with Crippen molar-refractivity contribution in [3.05, 3.63) is 40.4 Å². The highest BCUT2D eigenvalue weighted by Gasteiger charge is 2.18. The zero-order valence-corrected chi connectivity index (χ0v) is 12.2. The van der Waals surface area contributed by atoms with Gasteiger partial charge in [-0.3, -0.25) is 9.89 Å². The Bertz CT molecular complexity index is 627. The molecule has 1 heterocycles.